The summed E-state index contributed by atoms with van der Waals surface area (Å²) in [6, 6.07) is 9.01. The maximum Gasteiger partial charge on any atom is 0.340 e. The standard InChI is InChI=1S/C16H14N2O5S2/c1-2-9-17-14(19)11-23-16(20)12-6-3-4-7-13(12)18-25(21,22)15-8-5-10-24-15/h1,3-8,10,18H,9,11H2,(H,17,19). The molecule has 0 aliphatic rings. The highest BCUT2D eigenvalue weighted by Gasteiger charge is 2.20. The predicted octanol–water partition coefficient (Wildman–Crippen LogP) is 1.46. The van der Waals surface area contributed by atoms with E-state index >= 15 is 0 Å². The van der Waals surface area contributed by atoms with Gasteiger partial charge < -0.3 is 10.1 Å². The van der Waals surface area contributed by atoms with Crippen LogP contribution in [0.3, 0.4) is 0 Å². The van der Waals surface area contributed by atoms with Crippen molar-refractivity contribution in [3.63, 3.8) is 0 Å². The number of rotatable bonds is 7. The van der Waals surface area contributed by atoms with Crippen LogP contribution in [-0.4, -0.2) is 33.4 Å². The fraction of sp³-hybridized carbons (Fsp3) is 0.125. The van der Waals surface area contributed by atoms with Crippen LogP contribution in [-0.2, 0) is 19.6 Å². The summed E-state index contributed by atoms with van der Waals surface area (Å²) in [6.45, 7) is -0.500. The highest BCUT2D eigenvalue weighted by molar-refractivity contribution is 7.94. The van der Waals surface area contributed by atoms with E-state index in [1.165, 1.54) is 18.2 Å². The molecule has 1 amide bonds. The number of para-hydroxylation sites is 1. The molecule has 1 aromatic heterocycles. The van der Waals surface area contributed by atoms with Gasteiger partial charge in [0.25, 0.3) is 15.9 Å². The van der Waals surface area contributed by atoms with Crippen molar-refractivity contribution in [2.75, 3.05) is 17.9 Å². The van der Waals surface area contributed by atoms with Crippen LogP contribution >= 0.6 is 11.3 Å². The fourth-order valence-electron chi connectivity index (χ4n) is 1.77. The van der Waals surface area contributed by atoms with Crippen LogP contribution < -0.4 is 10.0 Å². The third-order valence-corrected chi connectivity index (χ3v) is 5.64. The molecule has 0 aliphatic carbocycles. The number of hydrogen-bond acceptors (Lipinski definition) is 6. The van der Waals surface area contributed by atoms with Crippen molar-refractivity contribution in [3.05, 3.63) is 47.3 Å². The Kier molecular flexibility index (Phi) is 6.16. The van der Waals surface area contributed by atoms with Gasteiger partial charge in [0.05, 0.1) is 17.8 Å². The first-order valence-corrected chi connectivity index (χ1v) is 9.33. The van der Waals surface area contributed by atoms with Crippen molar-refractivity contribution >= 4 is 38.9 Å². The van der Waals surface area contributed by atoms with Gasteiger partial charge in [0.1, 0.15) is 4.21 Å². The van der Waals surface area contributed by atoms with Crippen LogP contribution in [0.1, 0.15) is 10.4 Å². The van der Waals surface area contributed by atoms with Gasteiger partial charge in [-0.05, 0) is 23.6 Å². The first-order chi connectivity index (χ1) is 11.9. The van der Waals surface area contributed by atoms with Gasteiger partial charge in [0.2, 0.25) is 0 Å². The molecule has 2 rings (SSSR count). The van der Waals surface area contributed by atoms with Crippen molar-refractivity contribution < 1.29 is 22.7 Å². The Bertz CT molecular complexity index is 899. The first kappa shape index (κ1) is 18.5. The Morgan fingerprint density at radius 1 is 1.20 bits per heavy atom. The lowest BCUT2D eigenvalue weighted by Gasteiger charge is -2.11. The molecule has 0 bridgehead atoms. The number of amides is 1. The minimum atomic E-state index is -3.81. The van der Waals surface area contributed by atoms with Crippen molar-refractivity contribution in [2.45, 2.75) is 4.21 Å². The van der Waals surface area contributed by atoms with Gasteiger partial charge in [-0.3, -0.25) is 9.52 Å². The van der Waals surface area contributed by atoms with Crippen LogP contribution in [0, 0.1) is 12.3 Å². The van der Waals surface area contributed by atoms with Crippen LogP contribution in [0.5, 0.6) is 0 Å². The average Bonchev–Trinajstić information content (AvgIpc) is 3.13. The van der Waals surface area contributed by atoms with E-state index in [-0.39, 0.29) is 22.0 Å². The maximum absolute atomic E-state index is 12.3. The normalized spacial score (nSPS) is 10.5. The summed E-state index contributed by atoms with van der Waals surface area (Å²) in [4.78, 5) is 23.6. The number of benzene rings is 1. The lowest BCUT2D eigenvalue weighted by molar-refractivity contribution is -0.123. The smallest absolute Gasteiger partial charge is 0.340 e. The molecule has 0 fully saturated rings. The molecule has 0 aliphatic heterocycles. The van der Waals surface area contributed by atoms with Crippen molar-refractivity contribution in [1.82, 2.24) is 5.32 Å². The van der Waals surface area contributed by atoms with Crippen molar-refractivity contribution in [2.24, 2.45) is 0 Å². The van der Waals surface area contributed by atoms with Crippen LogP contribution in [0.2, 0.25) is 0 Å². The molecular weight excluding hydrogens is 364 g/mol. The number of nitrogens with one attached hydrogen (secondary N) is 2. The Hall–Kier alpha value is -2.83. The number of terminal acetylenes is 1. The van der Waals surface area contributed by atoms with Crippen molar-refractivity contribution in [3.8, 4) is 12.3 Å². The second kappa shape index (κ2) is 8.32. The van der Waals surface area contributed by atoms with E-state index in [2.05, 4.69) is 16.0 Å². The third kappa shape index (κ3) is 5.07. The lowest BCUT2D eigenvalue weighted by atomic mass is 10.2. The van der Waals surface area contributed by atoms with E-state index < -0.39 is 28.5 Å². The minimum absolute atomic E-state index is 0.00705. The zero-order chi connectivity index (χ0) is 18.3. The molecule has 1 heterocycles. The lowest BCUT2D eigenvalue weighted by Crippen LogP contribution is -2.29. The molecule has 9 heteroatoms. The molecule has 0 saturated heterocycles. The molecule has 25 heavy (non-hydrogen) atoms. The average molecular weight is 378 g/mol. The zero-order valence-corrected chi connectivity index (χ0v) is 14.5. The Morgan fingerprint density at radius 2 is 1.96 bits per heavy atom. The number of sulfonamides is 1. The Morgan fingerprint density at radius 3 is 2.64 bits per heavy atom. The van der Waals surface area contributed by atoms with E-state index in [4.69, 9.17) is 11.2 Å². The third-order valence-electron chi connectivity index (χ3n) is 2.87. The molecule has 0 unspecified atom stereocenters. The van der Waals surface area contributed by atoms with E-state index in [0.29, 0.717) is 0 Å². The molecule has 2 aromatic rings. The molecule has 0 spiro atoms. The van der Waals surface area contributed by atoms with Gasteiger partial charge >= 0.3 is 5.97 Å². The molecule has 0 radical (unpaired) electrons. The molecule has 0 saturated carbocycles. The maximum atomic E-state index is 12.3. The minimum Gasteiger partial charge on any atom is -0.452 e. The summed E-state index contributed by atoms with van der Waals surface area (Å²) in [6.07, 6.45) is 5.01. The van der Waals surface area contributed by atoms with E-state index in [0.717, 1.165) is 11.3 Å². The van der Waals surface area contributed by atoms with Crippen LogP contribution in [0.15, 0.2) is 46.0 Å². The molecule has 130 valence electrons. The highest BCUT2D eigenvalue weighted by Crippen LogP contribution is 2.23. The topological polar surface area (TPSA) is 102 Å². The van der Waals surface area contributed by atoms with Crippen molar-refractivity contribution in [1.29, 1.82) is 0 Å². The zero-order valence-electron chi connectivity index (χ0n) is 12.9. The summed E-state index contributed by atoms with van der Waals surface area (Å²) in [5.41, 5.74) is 0.0531. The molecule has 0 atom stereocenters. The largest absolute Gasteiger partial charge is 0.452 e. The number of hydrogen-bond donors (Lipinski definition) is 2. The molecule has 1 aromatic carbocycles. The number of ether oxygens (including phenoxy) is 1. The summed E-state index contributed by atoms with van der Waals surface area (Å²) in [7, 11) is -3.81. The number of carbonyl (C=O) groups is 2. The van der Waals surface area contributed by atoms with Crippen LogP contribution in [0.25, 0.3) is 0 Å². The summed E-state index contributed by atoms with van der Waals surface area (Å²) >= 11 is 1.05. The highest BCUT2D eigenvalue weighted by atomic mass is 32.2. The second-order valence-corrected chi connectivity index (χ2v) is 7.50. The molecule has 7 nitrogen and oxygen atoms in total. The monoisotopic (exact) mass is 378 g/mol. The van der Waals surface area contributed by atoms with Gasteiger partial charge in [0, 0.05) is 0 Å². The van der Waals surface area contributed by atoms with Gasteiger partial charge in [-0.15, -0.1) is 17.8 Å². The number of thiophene rings is 1. The van der Waals surface area contributed by atoms with Gasteiger partial charge in [-0.1, -0.05) is 24.1 Å². The first-order valence-electron chi connectivity index (χ1n) is 6.96. The summed E-state index contributed by atoms with van der Waals surface area (Å²) < 4.78 is 31.9. The van der Waals surface area contributed by atoms with Gasteiger partial charge in [-0.2, -0.15) is 0 Å². The number of esters is 1. The quantitative estimate of drug-likeness (QED) is 0.561. The van der Waals surface area contributed by atoms with E-state index in [1.54, 1.807) is 23.6 Å². The van der Waals surface area contributed by atoms with Crippen LogP contribution in [0.4, 0.5) is 5.69 Å². The SMILES string of the molecule is C#CCNC(=O)COC(=O)c1ccccc1NS(=O)(=O)c1cccs1. The predicted molar refractivity (Wildman–Crippen MR) is 93.7 cm³/mol. The second-order valence-electron chi connectivity index (χ2n) is 4.64. The summed E-state index contributed by atoms with van der Waals surface area (Å²) in [5.74, 6) is 0.832. The van der Waals surface area contributed by atoms with Gasteiger partial charge in [-0.25, -0.2) is 13.2 Å². The van der Waals surface area contributed by atoms with E-state index in [9.17, 15) is 18.0 Å². The Balaban J connectivity index is 2.11. The number of anilines is 1. The van der Waals surface area contributed by atoms with Gasteiger partial charge in [0.15, 0.2) is 6.61 Å². The number of carbonyl (C=O) groups excluding carboxylic acids is 2. The summed E-state index contributed by atoms with van der Waals surface area (Å²) in [5, 5.41) is 3.98. The fourth-order valence-corrected chi connectivity index (χ4v) is 3.84. The molecular formula is C16H14N2O5S2. The molecule has 2 N–H and O–H groups in total. The van der Waals surface area contributed by atoms with E-state index in [1.807, 2.05) is 0 Å². The Labute approximate surface area is 149 Å².